The summed E-state index contributed by atoms with van der Waals surface area (Å²) in [7, 11) is 1.84. The number of piperidine rings is 1. The normalized spacial score (nSPS) is 21.4. The molecule has 3 atom stereocenters. The molecule has 0 aromatic heterocycles. The largest absolute Gasteiger partial charge is 0.339 e. The highest BCUT2D eigenvalue weighted by Gasteiger charge is 2.39. The zero-order chi connectivity index (χ0) is 23.6. The molecule has 0 radical (unpaired) electrons. The van der Waals surface area contributed by atoms with E-state index in [0.717, 1.165) is 41.3 Å². The fourth-order valence-corrected chi connectivity index (χ4v) is 5.24. The van der Waals surface area contributed by atoms with Crippen molar-refractivity contribution in [3.63, 3.8) is 0 Å². The monoisotopic (exact) mass is 443 g/mol. The third-order valence-corrected chi connectivity index (χ3v) is 7.19. The van der Waals surface area contributed by atoms with Gasteiger partial charge in [0.15, 0.2) is 0 Å². The van der Waals surface area contributed by atoms with E-state index in [4.69, 9.17) is 0 Å². The summed E-state index contributed by atoms with van der Waals surface area (Å²) in [4.78, 5) is 15.4. The van der Waals surface area contributed by atoms with Crippen molar-refractivity contribution in [1.29, 1.82) is 5.26 Å². The van der Waals surface area contributed by atoms with Crippen molar-refractivity contribution in [2.75, 3.05) is 13.6 Å². The van der Waals surface area contributed by atoms with Crippen LogP contribution in [0, 0.1) is 17.1 Å². The number of carbonyl (C=O) groups excluding carboxylic acids is 1. The Morgan fingerprint density at radius 3 is 2.67 bits per heavy atom. The molecule has 5 heteroatoms. The minimum Gasteiger partial charge on any atom is -0.339 e. The second kappa shape index (κ2) is 9.33. The summed E-state index contributed by atoms with van der Waals surface area (Å²) in [6.07, 6.45) is 2.00. The Balaban J connectivity index is 1.65. The minimum absolute atomic E-state index is 0.0485. The van der Waals surface area contributed by atoms with E-state index in [1.807, 2.05) is 62.5 Å². The lowest BCUT2D eigenvalue weighted by Gasteiger charge is -2.42. The van der Waals surface area contributed by atoms with E-state index >= 15 is 0 Å². The molecule has 1 aliphatic heterocycles. The second-order valence-corrected chi connectivity index (χ2v) is 9.35. The average molecular weight is 444 g/mol. The quantitative estimate of drug-likeness (QED) is 0.569. The number of benzene rings is 3. The van der Waals surface area contributed by atoms with Crippen LogP contribution in [0.15, 0.2) is 60.7 Å². The molecule has 1 N–H and O–H groups in total. The van der Waals surface area contributed by atoms with E-state index in [1.54, 1.807) is 4.90 Å². The Morgan fingerprint density at radius 1 is 1.24 bits per heavy atom. The lowest BCUT2D eigenvalue weighted by Crippen LogP contribution is -2.47. The van der Waals surface area contributed by atoms with Crippen LogP contribution in [-0.2, 0) is 10.2 Å². The molecule has 4 nitrogen and oxygen atoms in total. The second-order valence-electron chi connectivity index (χ2n) is 9.35. The predicted molar refractivity (Wildman–Crippen MR) is 129 cm³/mol. The van der Waals surface area contributed by atoms with Crippen molar-refractivity contribution in [2.45, 2.75) is 50.6 Å². The van der Waals surface area contributed by atoms with E-state index in [-0.39, 0.29) is 29.2 Å². The van der Waals surface area contributed by atoms with Gasteiger partial charge in [0.25, 0.3) is 0 Å². The van der Waals surface area contributed by atoms with Crippen LogP contribution in [-0.4, -0.2) is 30.4 Å². The molecule has 0 aliphatic carbocycles. The Kier molecular flexibility index (Phi) is 6.49. The number of amides is 1. The third-order valence-electron chi connectivity index (χ3n) is 7.19. The number of nitrogens with zero attached hydrogens (tertiary/aromatic N) is 2. The van der Waals surface area contributed by atoms with Gasteiger partial charge in [0.1, 0.15) is 5.82 Å². The van der Waals surface area contributed by atoms with Crippen LogP contribution in [0.4, 0.5) is 4.39 Å². The van der Waals surface area contributed by atoms with Gasteiger partial charge in [-0.2, -0.15) is 5.26 Å². The van der Waals surface area contributed by atoms with Crippen molar-refractivity contribution in [3.8, 4) is 6.07 Å². The molecule has 3 aromatic carbocycles. The Bertz CT molecular complexity index is 1200. The molecule has 1 heterocycles. The van der Waals surface area contributed by atoms with Crippen LogP contribution in [0.1, 0.15) is 55.8 Å². The summed E-state index contributed by atoms with van der Waals surface area (Å²) in [6.45, 7) is 4.96. The maximum atomic E-state index is 13.6. The van der Waals surface area contributed by atoms with Crippen molar-refractivity contribution >= 4 is 16.7 Å². The molecule has 3 unspecified atom stereocenters. The maximum absolute atomic E-state index is 13.6. The molecule has 3 aromatic rings. The first-order valence-corrected chi connectivity index (χ1v) is 11.5. The number of rotatable bonds is 5. The summed E-state index contributed by atoms with van der Waals surface area (Å²) in [5.74, 6) is -0.218. The highest BCUT2D eigenvalue weighted by atomic mass is 19.1. The van der Waals surface area contributed by atoms with E-state index in [9.17, 15) is 14.4 Å². The molecule has 1 amide bonds. The summed E-state index contributed by atoms with van der Waals surface area (Å²) in [5.41, 5.74) is 2.24. The summed E-state index contributed by atoms with van der Waals surface area (Å²) < 4.78 is 13.6. The average Bonchev–Trinajstić information content (AvgIpc) is 2.82. The summed E-state index contributed by atoms with van der Waals surface area (Å²) in [6, 6.07) is 20.7. The van der Waals surface area contributed by atoms with E-state index < -0.39 is 0 Å². The van der Waals surface area contributed by atoms with Crippen LogP contribution < -0.4 is 5.32 Å². The number of hydrogen-bond acceptors (Lipinski definition) is 3. The van der Waals surface area contributed by atoms with E-state index in [0.29, 0.717) is 12.0 Å². The number of nitrogens with one attached hydrogen (secondary N) is 1. The fraction of sp³-hybridized carbons (Fsp3) is 0.357. The van der Waals surface area contributed by atoms with Gasteiger partial charge in [0.05, 0.1) is 17.7 Å². The van der Waals surface area contributed by atoms with Crippen LogP contribution in [0.25, 0.3) is 10.8 Å². The van der Waals surface area contributed by atoms with Gasteiger partial charge in [-0.15, -0.1) is 0 Å². The van der Waals surface area contributed by atoms with Crippen molar-refractivity contribution in [3.05, 3.63) is 83.2 Å². The molecule has 4 rings (SSSR count). The number of nitriles is 1. The Labute approximate surface area is 195 Å². The lowest BCUT2D eigenvalue weighted by atomic mass is 9.68. The van der Waals surface area contributed by atoms with Gasteiger partial charge < -0.3 is 10.2 Å². The molecule has 0 bridgehead atoms. The van der Waals surface area contributed by atoms with Gasteiger partial charge in [-0.1, -0.05) is 36.4 Å². The molecule has 0 saturated carbocycles. The highest BCUT2D eigenvalue weighted by Crippen LogP contribution is 2.40. The smallest absolute Gasteiger partial charge is 0.223 e. The van der Waals surface area contributed by atoms with Crippen molar-refractivity contribution in [1.82, 2.24) is 10.2 Å². The number of hydrogen-bond donors (Lipinski definition) is 1. The Hall–Kier alpha value is -3.23. The molecular weight excluding hydrogens is 413 g/mol. The van der Waals surface area contributed by atoms with E-state index in [2.05, 4.69) is 18.3 Å². The zero-order valence-electron chi connectivity index (χ0n) is 19.4. The van der Waals surface area contributed by atoms with Crippen molar-refractivity contribution < 1.29 is 9.18 Å². The van der Waals surface area contributed by atoms with Crippen molar-refractivity contribution in [2.24, 2.45) is 0 Å². The SMILES string of the molecule is CC1CC(CC(=O)N(C)C(C)c2cc(C#N)cc3ccccc23)(c2ccc(F)cc2)CCN1. The summed E-state index contributed by atoms with van der Waals surface area (Å²) in [5, 5.41) is 15.0. The molecule has 1 aliphatic rings. The van der Waals surface area contributed by atoms with Gasteiger partial charge in [-0.25, -0.2) is 4.39 Å². The number of fused-ring (bicyclic) bond motifs is 1. The van der Waals surface area contributed by atoms with Crippen LogP contribution in [0.2, 0.25) is 0 Å². The minimum atomic E-state index is -0.333. The van der Waals surface area contributed by atoms with E-state index in [1.165, 1.54) is 12.1 Å². The molecular formula is C28H30FN3O. The first kappa shape index (κ1) is 22.9. The predicted octanol–water partition coefficient (Wildman–Crippen LogP) is 5.47. The van der Waals surface area contributed by atoms with Gasteiger partial charge in [0, 0.05) is 24.9 Å². The van der Waals surface area contributed by atoms with Crippen LogP contribution in [0.3, 0.4) is 0 Å². The first-order valence-electron chi connectivity index (χ1n) is 11.5. The number of halogens is 1. The highest BCUT2D eigenvalue weighted by molar-refractivity contribution is 5.88. The molecule has 1 fully saturated rings. The van der Waals surface area contributed by atoms with Gasteiger partial charge in [-0.05, 0) is 79.4 Å². The lowest BCUT2D eigenvalue weighted by molar-refractivity contribution is -0.133. The molecule has 170 valence electrons. The molecule has 1 saturated heterocycles. The standard InChI is InChI=1S/C28H30FN3O/c1-19-16-28(12-13-31-19,23-8-10-24(29)11-9-23)17-27(33)32(3)20(2)26-15-21(18-30)14-22-6-4-5-7-25(22)26/h4-11,14-15,19-20,31H,12-13,16-17H2,1-3H3. The van der Waals surface area contributed by atoms with Gasteiger partial charge >= 0.3 is 0 Å². The van der Waals surface area contributed by atoms with Gasteiger partial charge in [0.2, 0.25) is 5.91 Å². The van der Waals surface area contributed by atoms with Gasteiger partial charge in [-0.3, -0.25) is 4.79 Å². The van der Waals surface area contributed by atoms with Crippen LogP contribution >= 0.6 is 0 Å². The van der Waals surface area contributed by atoms with Crippen LogP contribution in [0.5, 0.6) is 0 Å². The molecule has 0 spiro atoms. The fourth-order valence-electron chi connectivity index (χ4n) is 5.24. The topological polar surface area (TPSA) is 56.1 Å². The number of carbonyl (C=O) groups is 1. The third kappa shape index (κ3) is 4.62. The maximum Gasteiger partial charge on any atom is 0.223 e. The summed E-state index contributed by atoms with van der Waals surface area (Å²) >= 11 is 0. The molecule has 33 heavy (non-hydrogen) atoms. The Morgan fingerprint density at radius 2 is 1.97 bits per heavy atom. The zero-order valence-corrected chi connectivity index (χ0v) is 19.4. The first-order chi connectivity index (χ1) is 15.8.